The normalized spacial score (nSPS) is 15.1. The smallest absolute Gasteiger partial charge is 0.389 e. The van der Waals surface area contributed by atoms with Crippen LogP contribution in [0.25, 0.3) is 0 Å². The summed E-state index contributed by atoms with van der Waals surface area (Å²) in [5.41, 5.74) is 5.30. The minimum Gasteiger partial charge on any atom is -0.409 e. The highest BCUT2D eigenvalue weighted by atomic mass is 19.4. The standard InChI is InChI=1S/C9H18F3N3O/c1-2-7(6-8(13)15-16)14-5-3-4-9(10,11)12/h7,14,16H,2-6H2,1H3,(H2,13,15). The van der Waals surface area contributed by atoms with Crippen molar-refractivity contribution in [3.05, 3.63) is 0 Å². The number of nitrogens with two attached hydrogens (primary N) is 1. The number of rotatable bonds is 7. The SMILES string of the molecule is CCC(CC(N)=NO)NCCCC(F)(F)F. The summed E-state index contributed by atoms with van der Waals surface area (Å²) in [6.07, 6.45) is -3.81. The number of oxime groups is 1. The highest BCUT2D eigenvalue weighted by molar-refractivity contribution is 5.80. The summed E-state index contributed by atoms with van der Waals surface area (Å²) in [4.78, 5) is 0. The molecule has 0 aliphatic rings. The van der Waals surface area contributed by atoms with E-state index in [4.69, 9.17) is 10.9 Å². The maximum absolute atomic E-state index is 11.8. The van der Waals surface area contributed by atoms with Gasteiger partial charge < -0.3 is 16.3 Å². The van der Waals surface area contributed by atoms with Gasteiger partial charge in [0, 0.05) is 18.9 Å². The Morgan fingerprint density at radius 3 is 2.56 bits per heavy atom. The molecule has 0 radical (unpaired) electrons. The van der Waals surface area contributed by atoms with Crippen LogP contribution in [0.5, 0.6) is 0 Å². The van der Waals surface area contributed by atoms with Crippen molar-refractivity contribution < 1.29 is 18.4 Å². The summed E-state index contributed by atoms with van der Waals surface area (Å²) in [5, 5.41) is 14.1. The molecule has 0 aromatic carbocycles. The van der Waals surface area contributed by atoms with Crippen molar-refractivity contribution in [2.75, 3.05) is 6.54 Å². The van der Waals surface area contributed by atoms with Crippen molar-refractivity contribution >= 4 is 5.84 Å². The number of halogens is 3. The van der Waals surface area contributed by atoms with Gasteiger partial charge in [-0.2, -0.15) is 13.2 Å². The molecule has 0 rings (SSSR count). The lowest BCUT2D eigenvalue weighted by Crippen LogP contribution is -2.34. The zero-order chi connectivity index (χ0) is 12.6. The number of hydrogen-bond donors (Lipinski definition) is 3. The van der Waals surface area contributed by atoms with Crippen LogP contribution in [0.3, 0.4) is 0 Å². The van der Waals surface area contributed by atoms with Gasteiger partial charge >= 0.3 is 6.18 Å². The lowest BCUT2D eigenvalue weighted by molar-refractivity contribution is -0.135. The van der Waals surface area contributed by atoms with E-state index in [9.17, 15) is 13.2 Å². The van der Waals surface area contributed by atoms with Crippen LogP contribution in [0.15, 0.2) is 5.16 Å². The molecule has 1 atom stereocenters. The van der Waals surface area contributed by atoms with Crippen molar-refractivity contribution in [3.63, 3.8) is 0 Å². The molecule has 0 bridgehead atoms. The Balaban J connectivity index is 3.72. The quantitative estimate of drug-likeness (QED) is 0.209. The van der Waals surface area contributed by atoms with E-state index >= 15 is 0 Å². The number of nitrogens with one attached hydrogen (secondary N) is 1. The summed E-state index contributed by atoms with van der Waals surface area (Å²) in [6.45, 7) is 2.16. The Morgan fingerprint density at radius 1 is 1.50 bits per heavy atom. The number of nitrogens with zero attached hydrogens (tertiary/aromatic N) is 1. The average molecular weight is 241 g/mol. The van der Waals surface area contributed by atoms with Gasteiger partial charge in [-0.15, -0.1) is 0 Å². The van der Waals surface area contributed by atoms with E-state index in [0.29, 0.717) is 12.8 Å². The van der Waals surface area contributed by atoms with E-state index in [-0.39, 0.29) is 24.8 Å². The third-order valence-electron chi connectivity index (χ3n) is 2.15. The van der Waals surface area contributed by atoms with Crippen molar-refractivity contribution in [2.24, 2.45) is 10.9 Å². The molecule has 7 heteroatoms. The average Bonchev–Trinajstić information content (AvgIpc) is 2.20. The van der Waals surface area contributed by atoms with Crippen LogP contribution in [0.1, 0.15) is 32.6 Å². The van der Waals surface area contributed by atoms with E-state index < -0.39 is 12.6 Å². The molecule has 4 nitrogen and oxygen atoms in total. The van der Waals surface area contributed by atoms with Crippen molar-refractivity contribution in [2.45, 2.75) is 44.8 Å². The van der Waals surface area contributed by atoms with Crippen LogP contribution in [-0.4, -0.2) is 29.8 Å². The summed E-state index contributed by atoms with van der Waals surface area (Å²) in [6, 6.07) is -0.0517. The molecule has 0 aliphatic heterocycles. The molecule has 0 heterocycles. The van der Waals surface area contributed by atoms with Gasteiger partial charge in [0.2, 0.25) is 0 Å². The van der Waals surface area contributed by atoms with Crippen LogP contribution in [-0.2, 0) is 0 Å². The maximum atomic E-state index is 11.8. The molecule has 96 valence electrons. The zero-order valence-corrected chi connectivity index (χ0v) is 9.22. The van der Waals surface area contributed by atoms with Crippen LogP contribution < -0.4 is 11.1 Å². The van der Waals surface area contributed by atoms with E-state index in [2.05, 4.69) is 10.5 Å². The second-order valence-corrected chi connectivity index (χ2v) is 3.57. The van der Waals surface area contributed by atoms with Crippen molar-refractivity contribution in [1.29, 1.82) is 0 Å². The number of alkyl halides is 3. The molecule has 0 saturated carbocycles. The van der Waals surface area contributed by atoms with Crippen molar-refractivity contribution in [3.8, 4) is 0 Å². The van der Waals surface area contributed by atoms with Crippen LogP contribution >= 0.6 is 0 Å². The monoisotopic (exact) mass is 241 g/mol. The molecule has 0 spiro atoms. The molecule has 0 saturated heterocycles. The number of hydrogen-bond acceptors (Lipinski definition) is 3. The molecule has 0 aromatic rings. The van der Waals surface area contributed by atoms with Crippen molar-refractivity contribution in [1.82, 2.24) is 5.32 Å². The third kappa shape index (κ3) is 8.34. The van der Waals surface area contributed by atoms with Gasteiger partial charge in [-0.05, 0) is 19.4 Å². The summed E-state index contributed by atoms with van der Waals surface area (Å²) in [7, 11) is 0. The Hall–Kier alpha value is -0.980. The Kier molecular flexibility index (Phi) is 6.87. The minimum absolute atomic E-state index is 0.0379. The minimum atomic E-state index is -4.10. The predicted octanol–water partition coefficient (Wildman–Crippen LogP) is 1.83. The fourth-order valence-corrected chi connectivity index (χ4v) is 1.25. The second kappa shape index (κ2) is 7.32. The zero-order valence-electron chi connectivity index (χ0n) is 9.22. The molecular weight excluding hydrogens is 223 g/mol. The van der Waals surface area contributed by atoms with Gasteiger partial charge in [-0.3, -0.25) is 0 Å². The van der Waals surface area contributed by atoms with Gasteiger partial charge in [-0.25, -0.2) is 0 Å². The van der Waals surface area contributed by atoms with Crippen LogP contribution in [0.2, 0.25) is 0 Å². The summed E-state index contributed by atoms with van der Waals surface area (Å²) < 4.78 is 35.5. The first kappa shape index (κ1) is 15.0. The second-order valence-electron chi connectivity index (χ2n) is 3.57. The summed E-state index contributed by atoms with van der Waals surface area (Å²) in [5.74, 6) is 0.0789. The van der Waals surface area contributed by atoms with Crippen LogP contribution in [0, 0.1) is 0 Å². The third-order valence-corrected chi connectivity index (χ3v) is 2.15. The molecule has 1 unspecified atom stereocenters. The summed E-state index contributed by atoms with van der Waals surface area (Å²) >= 11 is 0. The van der Waals surface area contributed by atoms with Gasteiger partial charge in [0.25, 0.3) is 0 Å². The topological polar surface area (TPSA) is 70.6 Å². The molecule has 0 aromatic heterocycles. The number of amidine groups is 1. The highest BCUT2D eigenvalue weighted by Gasteiger charge is 2.25. The van der Waals surface area contributed by atoms with E-state index in [1.807, 2.05) is 6.92 Å². The van der Waals surface area contributed by atoms with Gasteiger partial charge in [0.05, 0.1) is 0 Å². The first-order chi connectivity index (χ1) is 7.39. The first-order valence-corrected chi connectivity index (χ1v) is 5.15. The van der Waals surface area contributed by atoms with E-state index in [1.165, 1.54) is 0 Å². The Morgan fingerprint density at radius 2 is 2.12 bits per heavy atom. The first-order valence-electron chi connectivity index (χ1n) is 5.15. The molecular formula is C9H18F3N3O. The molecule has 4 N–H and O–H groups in total. The lowest BCUT2D eigenvalue weighted by atomic mass is 10.1. The molecule has 0 fully saturated rings. The van der Waals surface area contributed by atoms with E-state index in [1.54, 1.807) is 0 Å². The lowest BCUT2D eigenvalue weighted by Gasteiger charge is -2.16. The Bertz CT molecular complexity index is 219. The van der Waals surface area contributed by atoms with E-state index in [0.717, 1.165) is 0 Å². The Labute approximate surface area is 92.7 Å². The highest BCUT2D eigenvalue weighted by Crippen LogP contribution is 2.20. The predicted molar refractivity (Wildman–Crippen MR) is 55.4 cm³/mol. The van der Waals surface area contributed by atoms with Gasteiger partial charge in [0.1, 0.15) is 5.84 Å². The van der Waals surface area contributed by atoms with Gasteiger partial charge in [0.15, 0.2) is 0 Å². The molecule has 0 amide bonds. The van der Waals surface area contributed by atoms with Gasteiger partial charge in [-0.1, -0.05) is 12.1 Å². The fourth-order valence-electron chi connectivity index (χ4n) is 1.25. The molecule has 16 heavy (non-hydrogen) atoms. The van der Waals surface area contributed by atoms with Crippen LogP contribution in [0.4, 0.5) is 13.2 Å². The maximum Gasteiger partial charge on any atom is 0.389 e. The largest absolute Gasteiger partial charge is 0.409 e. The molecule has 0 aliphatic carbocycles. The fraction of sp³-hybridized carbons (Fsp3) is 0.889.